The van der Waals surface area contributed by atoms with Gasteiger partial charge in [-0.15, -0.1) is 0 Å². The van der Waals surface area contributed by atoms with Crippen LogP contribution in [0.4, 0.5) is 5.88 Å². The number of nitrogens with one attached hydrogen (secondary N) is 1. The van der Waals surface area contributed by atoms with E-state index < -0.39 is 0 Å². The Balaban J connectivity index is 2.17. The number of nitrogens with two attached hydrogens (primary N) is 1. The van der Waals surface area contributed by atoms with E-state index in [1.165, 1.54) is 5.56 Å². The van der Waals surface area contributed by atoms with E-state index in [1.54, 1.807) is 6.20 Å². The Bertz CT molecular complexity index is 653. The number of anilines is 1. The summed E-state index contributed by atoms with van der Waals surface area (Å²) < 4.78 is 5.08. The topological polar surface area (TPSA) is 80.7 Å². The molecule has 0 radical (unpaired) electrons. The smallest absolute Gasteiger partial charge is 0.230 e. The number of hydrogen-bond donors (Lipinski definition) is 2. The molecule has 0 bridgehead atoms. The molecule has 5 heteroatoms. The molecule has 3 N–H and O–H groups in total. The average molecular weight is 240 g/mol. The average Bonchev–Trinajstić information content (AvgIpc) is 2.99. The molecule has 2 aromatic heterocycles. The van der Waals surface area contributed by atoms with Crippen LogP contribution in [0.1, 0.15) is 5.56 Å². The molecule has 0 spiro atoms. The summed E-state index contributed by atoms with van der Waals surface area (Å²) in [6.07, 6.45) is 1.67. The second kappa shape index (κ2) is 4.03. The van der Waals surface area contributed by atoms with E-state index in [2.05, 4.69) is 15.4 Å². The highest BCUT2D eigenvalue weighted by atomic mass is 16.5. The number of aromatic nitrogens is 3. The van der Waals surface area contributed by atoms with Crippen LogP contribution in [-0.4, -0.2) is 15.4 Å². The molecule has 0 aliphatic heterocycles. The fourth-order valence-corrected chi connectivity index (χ4v) is 1.87. The minimum absolute atomic E-state index is 0.309. The van der Waals surface area contributed by atoms with E-state index >= 15 is 0 Å². The molecule has 3 rings (SSSR count). The van der Waals surface area contributed by atoms with Crippen LogP contribution in [0, 0.1) is 6.92 Å². The van der Waals surface area contributed by atoms with Crippen molar-refractivity contribution in [1.29, 1.82) is 0 Å². The Hall–Kier alpha value is -2.56. The largest absolute Gasteiger partial charge is 0.367 e. The van der Waals surface area contributed by atoms with Crippen molar-refractivity contribution in [3.63, 3.8) is 0 Å². The highest BCUT2D eigenvalue weighted by Gasteiger charge is 2.17. The third kappa shape index (κ3) is 1.66. The lowest BCUT2D eigenvalue weighted by atomic mass is 10.0. The van der Waals surface area contributed by atoms with Crippen LogP contribution in [-0.2, 0) is 0 Å². The number of hydrogen-bond acceptors (Lipinski definition) is 4. The SMILES string of the molecule is Cc1ccc(-c2c(-c3ccn[nH]3)noc2N)cc1. The maximum absolute atomic E-state index is 5.85. The number of aryl methyl sites for hydroxylation is 1. The Kier molecular flexibility index (Phi) is 2.37. The Morgan fingerprint density at radius 3 is 2.61 bits per heavy atom. The Morgan fingerprint density at radius 1 is 1.17 bits per heavy atom. The minimum Gasteiger partial charge on any atom is -0.367 e. The van der Waals surface area contributed by atoms with Gasteiger partial charge in [0.15, 0.2) is 0 Å². The molecule has 0 amide bonds. The Labute approximate surface area is 104 Å². The van der Waals surface area contributed by atoms with Crippen molar-refractivity contribution in [3.05, 3.63) is 42.1 Å². The molecule has 0 saturated carbocycles. The van der Waals surface area contributed by atoms with Crippen LogP contribution in [0.15, 0.2) is 41.1 Å². The van der Waals surface area contributed by atoms with E-state index in [-0.39, 0.29) is 0 Å². The van der Waals surface area contributed by atoms with Gasteiger partial charge in [-0.3, -0.25) is 5.10 Å². The third-order valence-corrected chi connectivity index (χ3v) is 2.81. The van der Waals surface area contributed by atoms with Crippen molar-refractivity contribution in [3.8, 4) is 22.5 Å². The van der Waals surface area contributed by atoms with Gasteiger partial charge in [-0.25, -0.2) is 0 Å². The zero-order chi connectivity index (χ0) is 12.5. The first-order valence-electron chi connectivity index (χ1n) is 5.57. The van der Waals surface area contributed by atoms with E-state index in [4.69, 9.17) is 10.3 Å². The molecule has 1 aromatic carbocycles. The maximum atomic E-state index is 5.85. The summed E-state index contributed by atoms with van der Waals surface area (Å²) in [6, 6.07) is 9.88. The van der Waals surface area contributed by atoms with Gasteiger partial charge in [-0.05, 0) is 18.6 Å². The molecule has 0 atom stereocenters. The van der Waals surface area contributed by atoms with Gasteiger partial charge in [0.05, 0.1) is 11.3 Å². The highest BCUT2D eigenvalue weighted by molar-refractivity contribution is 5.85. The molecule has 5 nitrogen and oxygen atoms in total. The van der Waals surface area contributed by atoms with E-state index in [0.29, 0.717) is 11.6 Å². The lowest BCUT2D eigenvalue weighted by molar-refractivity contribution is 0.439. The number of nitrogen functional groups attached to an aromatic ring is 1. The van der Waals surface area contributed by atoms with Crippen LogP contribution < -0.4 is 5.73 Å². The Morgan fingerprint density at radius 2 is 1.94 bits per heavy atom. The molecule has 0 aliphatic carbocycles. The quantitative estimate of drug-likeness (QED) is 0.721. The standard InChI is InChI=1S/C13H12N4O/c1-8-2-4-9(5-3-8)11-12(17-18-13(11)14)10-6-7-15-16-10/h2-7H,14H2,1H3,(H,15,16). The second-order valence-electron chi connectivity index (χ2n) is 4.11. The van der Waals surface area contributed by atoms with Crippen molar-refractivity contribution < 1.29 is 4.52 Å². The summed E-state index contributed by atoms with van der Waals surface area (Å²) in [7, 11) is 0. The van der Waals surface area contributed by atoms with Crippen LogP contribution >= 0.6 is 0 Å². The number of aromatic amines is 1. The first-order chi connectivity index (χ1) is 8.75. The van der Waals surface area contributed by atoms with Crippen LogP contribution in [0.3, 0.4) is 0 Å². The number of nitrogens with zero attached hydrogens (tertiary/aromatic N) is 2. The van der Waals surface area contributed by atoms with E-state index in [0.717, 1.165) is 16.8 Å². The highest BCUT2D eigenvalue weighted by Crippen LogP contribution is 2.35. The zero-order valence-corrected chi connectivity index (χ0v) is 9.84. The lowest BCUT2D eigenvalue weighted by Gasteiger charge is -2.01. The predicted molar refractivity (Wildman–Crippen MR) is 68.7 cm³/mol. The van der Waals surface area contributed by atoms with Gasteiger partial charge in [-0.2, -0.15) is 5.10 Å². The normalized spacial score (nSPS) is 10.7. The fraction of sp³-hybridized carbons (Fsp3) is 0.0769. The van der Waals surface area contributed by atoms with Gasteiger partial charge in [-0.1, -0.05) is 35.0 Å². The molecule has 0 fully saturated rings. The van der Waals surface area contributed by atoms with Crippen molar-refractivity contribution >= 4 is 5.88 Å². The molecule has 18 heavy (non-hydrogen) atoms. The molecule has 0 saturated heterocycles. The van der Waals surface area contributed by atoms with Gasteiger partial charge < -0.3 is 10.3 Å². The summed E-state index contributed by atoms with van der Waals surface area (Å²) in [5.74, 6) is 0.309. The van der Waals surface area contributed by atoms with Crippen LogP contribution in [0.5, 0.6) is 0 Å². The summed E-state index contributed by atoms with van der Waals surface area (Å²) in [5, 5.41) is 10.8. The monoisotopic (exact) mass is 240 g/mol. The van der Waals surface area contributed by atoms with Gasteiger partial charge >= 0.3 is 0 Å². The fourth-order valence-electron chi connectivity index (χ4n) is 1.87. The van der Waals surface area contributed by atoms with Crippen molar-refractivity contribution in [2.24, 2.45) is 0 Å². The van der Waals surface area contributed by atoms with Gasteiger partial charge in [0.25, 0.3) is 0 Å². The zero-order valence-electron chi connectivity index (χ0n) is 9.84. The maximum Gasteiger partial charge on any atom is 0.230 e. The van der Waals surface area contributed by atoms with Gasteiger partial charge in [0.1, 0.15) is 5.69 Å². The minimum atomic E-state index is 0.309. The van der Waals surface area contributed by atoms with Crippen molar-refractivity contribution in [1.82, 2.24) is 15.4 Å². The second-order valence-corrected chi connectivity index (χ2v) is 4.11. The molecule has 90 valence electrons. The number of H-pyrrole nitrogens is 1. The van der Waals surface area contributed by atoms with Crippen LogP contribution in [0.2, 0.25) is 0 Å². The number of benzene rings is 1. The molecule has 0 aliphatic rings. The summed E-state index contributed by atoms with van der Waals surface area (Å²) in [4.78, 5) is 0. The van der Waals surface area contributed by atoms with Gasteiger partial charge in [0.2, 0.25) is 5.88 Å². The third-order valence-electron chi connectivity index (χ3n) is 2.81. The van der Waals surface area contributed by atoms with Crippen LogP contribution in [0.25, 0.3) is 22.5 Å². The summed E-state index contributed by atoms with van der Waals surface area (Å²) >= 11 is 0. The summed E-state index contributed by atoms with van der Waals surface area (Å²) in [6.45, 7) is 2.04. The molecule has 2 heterocycles. The molecular weight excluding hydrogens is 228 g/mol. The first kappa shape index (κ1) is 10.6. The van der Waals surface area contributed by atoms with E-state index in [1.807, 2.05) is 37.3 Å². The molecule has 0 unspecified atom stereocenters. The summed E-state index contributed by atoms with van der Waals surface area (Å²) in [5.41, 5.74) is 10.3. The molecular formula is C13H12N4O. The van der Waals surface area contributed by atoms with Crippen molar-refractivity contribution in [2.75, 3.05) is 5.73 Å². The predicted octanol–water partition coefficient (Wildman–Crippen LogP) is 2.62. The van der Waals surface area contributed by atoms with Crippen molar-refractivity contribution in [2.45, 2.75) is 6.92 Å². The first-order valence-corrected chi connectivity index (χ1v) is 5.57. The number of rotatable bonds is 2. The lowest BCUT2D eigenvalue weighted by Crippen LogP contribution is -1.88. The van der Waals surface area contributed by atoms with Gasteiger partial charge in [0, 0.05) is 6.20 Å². The van der Waals surface area contributed by atoms with E-state index in [9.17, 15) is 0 Å². The molecule has 3 aromatic rings.